The molecule has 0 aliphatic heterocycles. The van der Waals surface area contributed by atoms with Crippen molar-refractivity contribution in [1.29, 1.82) is 0 Å². The predicted molar refractivity (Wildman–Crippen MR) is 232 cm³/mol. The molecule has 11 aromatic rings. The Morgan fingerprint density at radius 2 is 0.944 bits per heavy atom. The topological polar surface area (TPSA) is 16.4 Å². The van der Waals surface area contributed by atoms with Gasteiger partial charge in [0.1, 0.15) is 11.2 Å². The van der Waals surface area contributed by atoms with Crippen molar-refractivity contribution in [2.24, 2.45) is 0 Å². The maximum Gasteiger partial charge on any atom is 0.140 e. The highest BCUT2D eigenvalue weighted by molar-refractivity contribution is 7.26. The Morgan fingerprint density at radius 3 is 1.70 bits per heavy atom. The van der Waals surface area contributed by atoms with E-state index in [1.807, 2.05) is 22.7 Å². The summed E-state index contributed by atoms with van der Waals surface area (Å²) in [6, 6.07) is 62.6. The molecule has 0 fully saturated rings. The van der Waals surface area contributed by atoms with Crippen LogP contribution < -0.4 is 4.90 Å². The van der Waals surface area contributed by atoms with Crippen LogP contribution in [0.2, 0.25) is 0 Å². The smallest absolute Gasteiger partial charge is 0.140 e. The Balaban J connectivity index is 1.19. The van der Waals surface area contributed by atoms with E-state index in [1.54, 1.807) is 0 Å². The van der Waals surface area contributed by atoms with Crippen LogP contribution in [0.4, 0.5) is 17.1 Å². The van der Waals surface area contributed by atoms with Gasteiger partial charge in [0.2, 0.25) is 0 Å². The first kappa shape index (κ1) is 30.3. The SMILES string of the molecule is CC1(c2cc(N(c3ccc4c(c3)sc3ccccc34)c3ccc4sc5ccccc5c4c3)cc3c2oc2ccccc23)c2ccccc2-c2ccccc21. The molecule has 0 spiro atoms. The van der Waals surface area contributed by atoms with Crippen LogP contribution in [0.15, 0.2) is 174 Å². The molecule has 0 saturated carbocycles. The normalized spacial score (nSPS) is 13.4. The molecule has 3 aromatic heterocycles. The quantitative estimate of drug-likeness (QED) is 0.180. The van der Waals surface area contributed by atoms with E-state index in [0.29, 0.717) is 0 Å². The van der Waals surface area contributed by atoms with Crippen LogP contribution in [0.5, 0.6) is 0 Å². The lowest BCUT2D eigenvalue weighted by atomic mass is 9.73. The van der Waals surface area contributed by atoms with Crippen molar-refractivity contribution in [3.8, 4) is 11.1 Å². The third-order valence-corrected chi connectivity index (χ3v) is 14.0. The minimum Gasteiger partial charge on any atom is -0.456 e. The molecule has 1 aliphatic rings. The Morgan fingerprint density at radius 1 is 0.407 bits per heavy atom. The molecule has 12 rings (SSSR count). The van der Waals surface area contributed by atoms with Crippen LogP contribution >= 0.6 is 22.7 Å². The van der Waals surface area contributed by atoms with Crippen molar-refractivity contribution in [2.45, 2.75) is 12.3 Å². The highest BCUT2D eigenvalue weighted by atomic mass is 32.1. The average Bonchev–Trinajstić information content (AvgIpc) is 3.96. The van der Waals surface area contributed by atoms with Gasteiger partial charge in [-0.1, -0.05) is 109 Å². The fraction of sp³-hybridized carbons (Fsp3) is 0.0400. The molecule has 3 heterocycles. The van der Waals surface area contributed by atoms with Crippen molar-refractivity contribution >= 4 is 102 Å². The van der Waals surface area contributed by atoms with Crippen molar-refractivity contribution < 1.29 is 4.42 Å². The Hall–Kier alpha value is -6.20. The van der Waals surface area contributed by atoms with E-state index in [4.69, 9.17) is 4.42 Å². The van der Waals surface area contributed by atoms with Gasteiger partial charge in [-0.3, -0.25) is 0 Å². The number of benzene rings is 8. The fourth-order valence-electron chi connectivity index (χ4n) is 9.21. The summed E-state index contributed by atoms with van der Waals surface area (Å²) in [5.41, 5.74) is 11.1. The van der Waals surface area contributed by atoms with Crippen molar-refractivity contribution in [3.05, 3.63) is 187 Å². The zero-order valence-corrected chi connectivity index (χ0v) is 31.0. The molecule has 254 valence electrons. The Labute approximate surface area is 319 Å². The van der Waals surface area contributed by atoms with Crippen molar-refractivity contribution in [1.82, 2.24) is 0 Å². The van der Waals surface area contributed by atoms with Gasteiger partial charge < -0.3 is 9.32 Å². The number of fused-ring (bicyclic) bond motifs is 12. The number of nitrogens with zero attached hydrogens (tertiary/aromatic N) is 1. The second-order valence-electron chi connectivity index (χ2n) is 14.6. The molecule has 1 aliphatic carbocycles. The number of hydrogen-bond donors (Lipinski definition) is 0. The van der Waals surface area contributed by atoms with E-state index >= 15 is 0 Å². The molecule has 4 heteroatoms. The Bertz CT molecular complexity index is 3280. The zero-order valence-electron chi connectivity index (χ0n) is 29.3. The first-order valence-corrected chi connectivity index (χ1v) is 20.0. The van der Waals surface area contributed by atoms with Gasteiger partial charge in [-0.25, -0.2) is 0 Å². The second-order valence-corrected chi connectivity index (χ2v) is 16.7. The molecular formula is C50H31NOS2. The maximum absolute atomic E-state index is 6.91. The molecule has 2 nitrogen and oxygen atoms in total. The summed E-state index contributed by atoms with van der Waals surface area (Å²) >= 11 is 3.72. The van der Waals surface area contributed by atoms with E-state index in [9.17, 15) is 0 Å². The molecular weight excluding hydrogens is 695 g/mol. The highest BCUT2D eigenvalue weighted by Gasteiger charge is 2.43. The lowest BCUT2D eigenvalue weighted by molar-refractivity contribution is 0.638. The average molecular weight is 726 g/mol. The van der Waals surface area contributed by atoms with Crippen molar-refractivity contribution in [2.75, 3.05) is 4.90 Å². The summed E-state index contributed by atoms with van der Waals surface area (Å²) in [6.07, 6.45) is 0. The van der Waals surface area contributed by atoms with Gasteiger partial charge in [-0.15, -0.1) is 22.7 Å². The molecule has 8 aromatic carbocycles. The summed E-state index contributed by atoms with van der Waals surface area (Å²) < 4.78 is 12.1. The minimum atomic E-state index is -0.454. The molecule has 0 saturated heterocycles. The van der Waals surface area contributed by atoms with Crippen molar-refractivity contribution in [3.63, 3.8) is 0 Å². The zero-order chi connectivity index (χ0) is 35.5. The van der Waals surface area contributed by atoms with Gasteiger partial charge in [0, 0.05) is 79.2 Å². The molecule has 0 N–H and O–H groups in total. The molecule has 0 amide bonds. The standard InChI is InChI=1S/C50H31NOS2/c1-50(41-17-7-2-12-33(41)34-13-3-8-18-42(34)50)43-28-32(27-40-35-14-4-9-19-44(35)52-49(40)43)51(30-23-25-47-39(26-30)37-16-6-11-21-46(37)53-47)31-22-24-38-36-15-5-10-20-45(36)54-48(38)29-31/h2-29H,1H3. The molecule has 0 atom stereocenters. The van der Waals surface area contributed by atoms with Gasteiger partial charge in [-0.05, 0) is 89.8 Å². The van der Waals surface area contributed by atoms with Gasteiger partial charge in [0.05, 0.1) is 0 Å². The number of rotatable bonds is 4. The number of furan rings is 1. The molecule has 0 bridgehead atoms. The van der Waals surface area contributed by atoms with Crippen LogP contribution in [-0.2, 0) is 5.41 Å². The van der Waals surface area contributed by atoms with Gasteiger partial charge in [-0.2, -0.15) is 0 Å². The third kappa shape index (κ3) is 4.15. The van der Waals surface area contributed by atoms with Crippen LogP contribution in [0.1, 0.15) is 23.6 Å². The van der Waals surface area contributed by atoms with E-state index < -0.39 is 5.41 Å². The van der Waals surface area contributed by atoms with E-state index in [2.05, 4.69) is 182 Å². The summed E-state index contributed by atoms with van der Waals surface area (Å²) in [5.74, 6) is 0. The maximum atomic E-state index is 6.91. The highest BCUT2D eigenvalue weighted by Crippen LogP contribution is 2.55. The second kappa shape index (κ2) is 11.2. The molecule has 0 unspecified atom stereocenters. The fourth-order valence-corrected chi connectivity index (χ4v) is 11.4. The van der Waals surface area contributed by atoms with Crippen LogP contribution in [0, 0.1) is 0 Å². The van der Waals surface area contributed by atoms with Gasteiger partial charge >= 0.3 is 0 Å². The Kier molecular flexibility index (Phi) is 6.26. The van der Waals surface area contributed by atoms with E-state index in [-0.39, 0.29) is 0 Å². The molecule has 54 heavy (non-hydrogen) atoms. The van der Waals surface area contributed by atoms with Crippen LogP contribution in [0.3, 0.4) is 0 Å². The summed E-state index contributed by atoms with van der Waals surface area (Å²) in [6.45, 7) is 2.39. The van der Waals surface area contributed by atoms with E-state index in [0.717, 1.165) is 39.0 Å². The van der Waals surface area contributed by atoms with Crippen LogP contribution in [-0.4, -0.2) is 0 Å². The summed E-state index contributed by atoms with van der Waals surface area (Å²) in [4.78, 5) is 2.47. The number of anilines is 3. The lowest BCUT2D eigenvalue weighted by Crippen LogP contribution is -2.23. The predicted octanol–water partition coefficient (Wildman–Crippen LogP) is 15.1. The summed E-state index contributed by atoms with van der Waals surface area (Å²) in [5, 5.41) is 7.42. The molecule has 0 radical (unpaired) electrons. The number of thiophene rings is 2. The summed E-state index contributed by atoms with van der Waals surface area (Å²) in [7, 11) is 0. The van der Waals surface area contributed by atoms with Gasteiger partial charge in [0.25, 0.3) is 0 Å². The van der Waals surface area contributed by atoms with Gasteiger partial charge in [0.15, 0.2) is 0 Å². The first-order valence-electron chi connectivity index (χ1n) is 18.4. The third-order valence-electron chi connectivity index (χ3n) is 11.7. The number of para-hydroxylation sites is 1. The van der Waals surface area contributed by atoms with E-state index in [1.165, 1.54) is 68.2 Å². The monoisotopic (exact) mass is 725 g/mol. The van der Waals surface area contributed by atoms with Crippen LogP contribution in [0.25, 0.3) is 73.4 Å². The largest absolute Gasteiger partial charge is 0.456 e. The number of hydrogen-bond acceptors (Lipinski definition) is 4. The first-order chi connectivity index (χ1) is 26.6. The lowest BCUT2D eigenvalue weighted by Gasteiger charge is -2.31. The minimum absolute atomic E-state index is 0.454.